The first kappa shape index (κ1) is 10.9. The van der Waals surface area contributed by atoms with Gasteiger partial charge in [-0.15, -0.1) is 0 Å². The third-order valence-electron chi connectivity index (χ3n) is 3.68. The highest BCUT2D eigenvalue weighted by atomic mass is 16.5. The van der Waals surface area contributed by atoms with E-state index in [4.69, 9.17) is 4.74 Å². The van der Waals surface area contributed by atoms with E-state index in [1.165, 1.54) is 19.3 Å². The number of carbonyl (C=O) groups is 1. The fourth-order valence-corrected chi connectivity index (χ4v) is 1.96. The molecule has 2 aliphatic carbocycles. The predicted molar refractivity (Wildman–Crippen MR) is 58.5 cm³/mol. The van der Waals surface area contributed by atoms with Crippen LogP contribution in [0.25, 0.3) is 0 Å². The Balaban J connectivity index is 1.66. The predicted octanol–water partition coefficient (Wildman–Crippen LogP) is 1.72. The van der Waals surface area contributed by atoms with Crippen LogP contribution in [0, 0.1) is 11.3 Å². The van der Waals surface area contributed by atoms with E-state index in [0.29, 0.717) is 5.92 Å². The largest absolute Gasteiger partial charge is 0.381 e. The maximum Gasteiger partial charge on any atom is 0.223 e. The van der Waals surface area contributed by atoms with Crippen molar-refractivity contribution in [2.24, 2.45) is 11.3 Å². The average molecular weight is 211 g/mol. The quantitative estimate of drug-likeness (QED) is 0.726. The normalized spacial score (nSPS) is 23.3. The van der Waals surface area contributed by atoms with Crippen LogP contribution in [0.5, 0.6) is 0 Å². The Morgan fingerprint density at radius 3 is 2.67 bits per heavy atom. The minimum atomic E-state index is 0.268. The summed E-state index contributed by atoms with van der Waals surface area (Å²) in [6, 6.07) is 0. The van der Waals surface area contributed by atoms with Crippen LogP contribution in [-0.4, -0.2) is 25.7 Å². The van der Waals surface area contributed by atoms with E-state index in [-0.39, 0.29) is 11.3 Å². The van der Waals surface area contributed by atoms with Crippen molar-refractivity contribution >= 4 is 5.91 Å². The number of amides is 1. The Labute approximate surface area is 91.6 Å². The molecule has 2 aliphatic rings. The minimum absolute atomic E-state index is 0.268. The van der Waals surface area contributed by atoms with Crippen LogP contribution in [0.3, 0.4) is 0 Å². The molecule has 3 heteroatoms. The zero-order chi connectivity index (χ0) is 10.7. The van der Waals surface area contributed by atoms with Gasteiger partial charge >= 0.3 is 0 Å². The van der Waals surface area contributed by atoms with Crippen molar-refractivity contribution in [2.45, 2.75) is 39.0 Å². The molecular weight excluding hydrogens is 190 g/mol. The summed E-state index contributed by atoms with van der Waals surface area (Å²) in [6.07, 6.45) is 5.81. The van der Waals surface area contributed by atoms with Crippen molar-refractivity contribution in [2.75, 3.05) is 19.8 Å². The summed E-state index contributed by atoms with van der Waals surface area (Å²) in [5.41, 5.74) is 0.287. The van der Waals surface area contributed by atoms with Gasteiger partial charge in [-0.1, -0.05) is 6.42 Å². The number of rotatable bonds is 6. The first-order valence-electron chi connectivity index (χ1n) is 6.11. The summed E-state index contributed by atoms with van der Waals surface area (Å²) >= 11 is 0. The molecule has 0 bridgehead atoms. The lowest BCUT2D eigenvalue weighted by Gasteiger charge is -2.25. The summed E-state index contributed by atoms with van der Waals surface area (Å²) in [5.74, 6) is 0.580. The Kier molecular flexibility index (Phi) is 3.29. The van der Waals surface area contributed by atoms with Crippen molar-refractivity contribution in [1.29, 1.82) is 0 Å². The summed E-state index contributed by atoms with van der Waals surface area (Å²) in [4.78, 5) is 11.6. The fraction of sp³-hybridized carbons (Fsp3) is 0.917. The second kappa shape index (κ2) is 4.52. The third kappa shape index (κ3) is 2.71. The molecule has 0 spiro atoms. The number of hydrogen-bond donors (Lipinski definition) is 1. The van der Waals surface area contributed by atoms with Crippen LogP contribution in [0.4, 0.5) is 0 Å². The summed E-state index contributed by atoms with van der Waals surface area (Å²) < 4.78 is 5.44. The smallest absolute Gasteiger partial charge is 0.223 e. The lowest BCUT2D eigenvalue weighted by molar-refractivity contribution is -0.127. The molecule has 0 aromatic carbocycles. The van der Waals surface area contributed by atoms with Crippen molar-refractivity contribution < 1.29 is 9.53 Å². The molecule has 2 rings (SSSR count). The number of hydrogen-bond acceptors (Lipinski definition) is 2. The van der Waals surface area contributed by atoms with Crippen molar-refractivity contribution in [1.82, 2.24) is 5.32 Å². The van der Waals surface area contributed by atoms with Gasteiger partial charge in [0.25, 0.3) is 0 Å². The zero-order valence-corrected chi connectivity index (χ0v) is 9.55. The van der Waals surface area contributed by atoms with E-state index in [2.05, 4.69) is 5.32 Å². The van der Waals surface area contributed by atoms with Crippen LogP contribution in [0.2, 0.25) is 0 Å². The molecule has 0 saturated heterocycles. The Hall–Kier alpha value is -0.570. The van der Waals surface area contributed by atoms with Gasteiger partial charge in [-0.05, 0) is 32.6 Å². The second-order valence-corrected chi connectivity index (χ2v) is 4.98. The van der Waals surface area contributed by atoms with Crippen LogP contribution in [0.15, 0.2) is 0 Å². The lowest BCUT2D eigenvalue weighted by atomic mass is 9.84. The van der Waals surface area contributed by atoms with E-state index in [1.807, 2.05) is 6.92 Å². The molecule has 1 amide bonds. The molecule has 3 nitrogen and oxygen atoms in total. The van der Waals surface area contributed by atoms with Crippen LogP contribution in [-0.2, 0) is 9.53 Å². The van der Waals surface area contributed by atoms with Crippen LogP contribution >= 0.6 is 0 Å². The van der Waals surface area contributed by atoms with Gasteiger partial charge in [0.2, 0.25) is 5.91 Å². The van der Waals surface area contributed by atoms with Gasteiger partial charge in [-0.2, -0.15) is 0 Å². The number of carbonyl (C=O) groups excluding carboxylic acids is 1. The van der Waals surface area contributed by atoms with E-state index in [9.17, 15) is 4.79 Å². The molecular formula is C12H21NO2. The monoisotopic (exact) mass is 211 g/mol. The van der Waals surface area contributed by atoms with Gasteiger partial charge in [0.1, 0.15) is 0 Å². The van der Waals surface area contributed by atoms with E-state index < -0.39 is 0 Å². The van der Waals surface area contributed by atoms with Gasteiger partial charge in [0.05, 0.1) is 6.61 Å². The van der Waals surface area contributed by atoms with Gasteiger partial charge in [-0.3, -0.25) is 4.79 Å². The maximum absolute atomic E-state index is 11.6. The molecule has 0 aromatic rings. The summed E-state index contributed by atoms with van der Waals surface area (Å²) in [7, 11) is 0. The molecule has 0 aromatic heterocycles. The Bertz CT molecular complexity index is 232. The third-order valence-corrected chi connectivity index (χ3v) is 3.68. The average Bonchev–Trinajstić information content (AvgIpc) is 2.90. The molecule has 15 heavy (non-hydrogen) atoms. The highest BCUT2D eigenvalue weighted by molar-refractivity contribution is 5.79. The summed E-state index contributed by atoms with van der Waals surface area (Å²) in [6.45, 7) is 4.43. The van der Waals surface area contributed by atoms with Crippen molar-refractivity contribution in [3.05, 3.63) is 0 Å². The van der Waals surface area contributed by atoms with E-state index in [1.54, 1.807) is 0 Å². The molecule has 2 saturated carbocycles. The number of ether oxygens (including phenoxy) is 1. The standard InChI is InChI=1S/C12H21NO2/c1-2-15-9-12(6-7-12)8-13-11(14)10-4-3-5-10/h10H,2-9H2,1H3,(H,13,14). The first-order chi connectivity index (χ1) is 7.26. The topological polar surface area (TPSA) is 38.3 Å². The van der Waals surface area contributed by atoms with E-state index >= 15 is 0 Å². The lowest BCUT2D eigenvalue weighted by Crippen LogP contribution is -2.38. The van der Waals surface area contributed by atoms with Gasteiger partial charge in [0.15, 0.2) is 0 Å². The van der Waals surface area contributed by atoms with Crippen LogP contribution in [0.1, 0.15) is 39.0 Å². The van der Waals surface area contributed by atoms with Gasteiger partial charge in [0, 0.05) is 24.5 Å². The summed E-state index contributed by atoms with van der Waals surface area (Å²) in [5, 5.41) is 3.08. The number of nitrogens with one attached hydrogen (secondary N) is 1. The van der Waals surface area contributed by atoms with Gasteiger partial charge in [-0.25, -0.2) is 0 Å². The molecule has 2 fully saturated rings. The first-order valence-corrected chi connectivity index (χ1v) is 6.11. The highest BCUT2D eigenvalue weighted by Gasteiger charge is 2.43. The Morgan fingerprint density at radius 2 is 2.20 bits per heavy atom. The molecule has 1 N–H and O–H groups in total. The molecule has 0 aliphatic heterocycles. The minimum Gasteiger partial charge on any atom is -0.381 e. The zero-order valence-electron chi connectivity index (χ0n) is 9.55. The molecule has 0 unspecified atom stereocenters. The molecule has 86 valence electrons. The molecule has 0 heterocycles. The Morgan fingerprint density at radius 1 is 1.47 bits per heavy atom. The van der Waals surface area contributed by atoms with Crippen molar-refractivity contribution in [3.63, 3.8) is 0 Å². The fourth-order valence-electron chi connectivity index (χ4n) is 1.96. The molecule has 0 atom stereocenters. The van der Waals surface area contributed by atoms with E-state index in [0.717, 1.165) is 32.6 Å². The maximum atomic E-state index is 11.6. The van der Waals surface area contributed by atoms with Gasteiger partial charge < -0.3 is 10.1 Å². The molecule has 0 radical (unpaired) electrons. The SMILES string of the molecule is CCOCC1(CNC(=O)C2CCC2)CC1. The van der Waals surface area contributed by atoms with Crippen molar-refractivity contribution in [3.8, 4) is 0 Å². The second-order valence-electron chi connectivity index (χ2n) is 4.98. The van der Waals surface area contributed by atoms with Crippen LogP contribution < -0.4 is 5.32 Å². The highest BCUT2D eigenvalue weighted by Crippen LogP contribution is 2.45.